The SMILES string of the molecule is CC1(C)c2cc3c(cc2-c2c1cc(-c1cccc4c1-c1ccccc1C41c4ccccc4-c4ccccc41)c1oc4ccccc4c21)C(C)(C)c1cc(-c2cccc4c2-c2ccccc2C42c4ccccc4-c4ccccc42)c2oc4ccccc4c2c1-3. The van der Waals surface area contributed by atoms with Crippen molar-refractivity contribution in [3.63, 3.8) is 0 Å². The van der Waals surface area contributed by atoms with Crippen molar-refractivity contribution in [2.24, 2.45) is 0 Å². The Hall–Kier alpha value is -10.5. The van der Waals surface area contributed by atoms with Crippen molar-refractivity contribution in [1.82, 2.24) is 0 Å². The van der Waals surface area contributed by atoms with Crippen molar-refractivity contribution in [3.05, 3.63) is 322 Å². The average molecular weight is 1120 g/mol. The highest BCUT2D eigenvalue weighted by atomic mass is 16.3. The summed E-state index contributed by atoms with van der Waals surface area (Å²) in [7, 11) is 0. The minimum atomic E-state index is -0.463. The zero-order valence-corrected chi connectivity index (χ0v) is 49.1. The summed E-state index contributed by atoms with van der Waals surface area (Å²) in [5.41, 5.74) is 38.2. The Balaban J connectivity index is 0.798. The summed E-state index contributed by atoms with van der Waals surface area (Å²) >= 11 is 0. The topological polar surface area (TPSA) is 26.3 Å². The second-order valence-electron chi connectivity index (χ2n) is 26.7. The fraction of sp³-hybridized carbons (Fsp3) is 0.0930. The molecule has 2 aromatic heterocycles. The predicted molar refractivity (Wildman–Crippen MR) is 360 cm³/mol. The predicted octanol–water partition coefficient (Wildman–Crippen LogP) is 22.1. The maximum absolute atomic E-state index is 7.35. The van der Waals surface area contributed by atoms with Gasteiger partial charge < -0.3 is 8.83 Å². The maximum Gasteiger partial charge on any atom is 0.143 e. The van der Waals surface area contributed by atoms with Crippen LogP contribution in [0.4, 0.5) is 0 Å². The van der Waals surface area contributed by atoms with E-state index in [9.17, 15) is 0 Å². The van der Waals surface area contributed by atoms with Crippen LogP contribution in [0.2, 0.25) is 0 Å². The van der Waals surface area contributed by atoms with Gasteiger partial charge >= 0.3 is 0 Å². The lowest BCUT2D eigenvalue weighted by Gasteiger charge is -2.30. The third kappa shape index (κ3) is 5.28. The van der Waals surface area contributed by atoms with Gasteiger partial charge in [0.15, 0.2) is 0 Å². The zero-order valence-electron chi connectivity index (χ0n) is 49.1. The normalized spacial score (nSPS) is 15.9. The Morgan fingerprint density at radius 2 is 0.500 bits per heavy atom. The van der Waals surface area contributed by atoms with Crippen LogP contribution in [0.3, 0.4) is 0 Å². The molecule has 0 unspecified atom stereocenters. The molecule has 13 aromatic carbocycles. The highest BCUT2D eigenvalue weighted by Crippen LogP contribution is 2.68. The summed E-state index contributed by atoms with van der Waals surface area (Å²) in [6.45, 7) is 9.84. The van der Waals surface area contributed by atoms with E-state index in [-0.39, 0.29) is 0 Å². The van der Waals surface area contributed by atoms with Gasteiger partial charge in [-0.2, -0.15) is 0 Å². The van der Waals surface area contributed by atoms with Gasteiger partial charge in [0.1, 0.15) is 22.3 Å². The second-order valence-corrected chi connectivity index (χ2v) is 26.7. The Labute approximate surface area is 509 Å². The molecule has 0 atom stereocenters. The third-order valence-electron chi connectivity index (χ3n) is 22.3. The van der Waals surface area contributed by atoms with Crippen LogP contribution in [-0.4, -0.2) is 0 Å². The largest absolute Gasteiger partial charge is 0.455 e. The monoisotopic (exact) mass is 1120 g/mol. The molecule has 0 saturated carbocycles. The molecule has 88 heavy (non-hydrogen) atoms. The molecule has 0 bridgehead atoms. The molecule has 0 saturated heterocycles. The van der Waals surface area contributed by atoms with Gasteiger partial charge in [0.05, 0.1) is 10.8 Å². The van der Waals surface area contributed by atoms with Gasteiger partial charge in [0.2, 0.25) is 0 Å². The Morgan fingerprint density at radius 1 is 0.216 bits per heavy atom. The van der Waals surface area contributed by atoms with Crippen LogP contribution in [0.1, 0.15) is 94.5 Å². The summed E-state index contributed by atoms with van der Waals surface area (Å²) in [4.78, 5) is 0. The van der Waals surface area contributed by atoms with E-state index in [2.05, 4.69) is 282 Å². The molecule has 2 heteroatoms. The van der Waals surface area contributed by atoms with E-state index < -0.39 is 21.7 Å². The van der Waals surface area contributed by atoms with Crippen LogP contribution in [0.5, 0.6) is 0 Å². The van der Waals surface area contributed by atoms with Gasteiger partial charge in [-0.15, -0.1) is 0 Å². The number of para-hydroxylation sites is 2. The van der Waals surface area contributed by atoms with Gasteiger partial charge in [-0.25, -0.2) is 0 Å². The quantitative estimate of drug-likeness (QED) is 0.172. The molecule has 0 radical (unpaired) electrons. The standard InChI is InChI=1S/C86H54O2/c1-83(2)69-45-60-70(46-59(69)77-71(83)43-57(81-79(77)55-29-11-19-41-73(55)87-81)51-31-21-39-67-75(51)53-27-9-17-37-65(53)85(67)61-33-13-5-23-47(61)48-24-6-14-34-62(48)85)84(3,4)72-44-58(82-80(78(60)72)56-30-12-20-42-74(56)88-82)52-32-22-40-68-76(52)54-28-10-18-38-66(54)86(68)63-35-15-7-25-49(63)50-26-8-16-36-64(50)86/h5-46H,1-4H3. The van der Waals surface area contributed by atoms with Crippen LogP contribution >= 0.6 is 0 Å². The van der Waals surface area contributed by atoms with E-state index in [1.54, 1.807) is 0 Å². The molecule has 21 rings (SSSR count). The Kier molecular flexibility index (Phi) is 8.62. The van der Waals surface area contributed by atoms with Crippen molar-refractivity contribution in [1.29, 1.82) is 0 Å². The summed E-state index contributed by atoms with van der Waals surface area (Å²) < 4.78 is 14.7. The fourth-order valence-electron chi connectivity index (χ4n) is 18.8. The summed E-state index contributed by atoms with van der Waals surface area (Å²) in [5.74, 6) is 0. The van der Waals surface area contributed by atoms with Crippen molar-refractivity contribution in [3.8, 4) is 89.0 Å². The first-order chi connectivity index (χ1) is 43.2. The summed E-state index contributed by atoms with van der Waals surface area (Å²) in [5, 5.41) is 4.66. The molecule has 6 aliphatic rings. The van der Waals surface area contributed by atoms with Crippen LogP contribution in [0.25, 0.3) is 133 Å². The fourth-order valence-corrected chi connectivity index (χ4v) is 18.8. The average Bonchev–Trinajstić information content (AvgIpc) is 1.53. The Bertz CT molecular complexity index is 5320. The first-order valence-corrected chi connectivity index (χ1v) is 31.2. The lowest BCUT2D eigenvalue weighted by Crippen LogP contribution is -2.25. The van der Waals surface area contributed by atoms with Crippen LogP contribution in [-0.2, 0) is 21.7 Å². The number of fused-ring (bicyclic) bond motifs is 34. The van der Waals surface area contributed by atoms with Crippen molar-refractivity contribution in [2.45, 2.75) is 49.4 Å². The summed E-state index contributed by atoms with van der Waals surface area (Å²) in [6, 6.07) is 96.6. The van der Waals surface area contributed by atoms with Gasteiger partial charge in [-0.05, 0) is 181 Å². The van der Waals surface area contributed by atoms with Crippen molar-refractivity contribution >= 4 is 43.9 Å². The molecule has 0 amide bonds. The third-order valence-corrected chi connectivity index (χ3v) is 22.3. The highest BCUT2D eigenvalue weighted by Gasteiger charge is 2.55. The lowest BCUT2D eigenvalue weighted by atomic mass is 9.70. The molecule has 2 nitrogen and oxygen atoms in total. The van der Waals surface area contributed by atoms with E-state index in [1.165, 1.54) is 155 Å². The van der Waals surface area contributed by atoms with Crippen molar-refractivity contribution < 1.29 is 8.83 Å². The summed E-state index contributed by atoms with van der Waals surface area (Å²) in [6.07, 6.45) is 0. The second kappa shape index (κ2) is 15.9. The lowest BCUT2D eigenvalue weighted by molar-refractivity contribution is 0.650. The molecular weight excluding hydrogens is 1060 g/mol. The van der Waals surface area contributed by atoms with Crippen LogP contribution in [0, 0.1) is 0 Å². The van der Waals surface area contributed by atoms with E-state index in [0.717, 1.165) is 44.2 Å². The van der Waals surface area contributed by atoms with Gasteiger partial charge in [-0.3, -0.25) is 0 Å². The highest BCUT2D eigenvalue weighted by molar-refractivity contribution is 6.22. The first-order valence-electron chi connectivity index (χ1n) is 31.2. The van der Waals surface area contributed by atoms with E-state index >= 15 is 0 Å². The van der Waals surface area contributed by atoms with Gasteiger partial charge in [-0.1, -0.05) is 246 Å². The number of furan rings is 2. The van der Waals surface area contributed by atoms with Crippen molar-refractivity contribution in [2.75, 3.05) is 0 Å². The smallest absolute Gasteiger partial charge is 0.143 e. The molecule has 6 aliphatic carbocycles. The number of hydrogen-bond donors (Lipinski definition) is 0. The Morgan fingerprint density at radius 3 is 0.875 bits per heavy atom. The van der Waals surface area contributed by atoms with E-state index in [1.807, 2.05) is 0 Å². The molecular formula is C86H54O2. The zero-order chi connectivity index (χ0) is 57.9. The molecule has 0 aliphatic heterocycles. The molecule has 2 spiro atoms. The number of rotatable bonds is 2. The molecule has 15 aromatic rings. The van der Waals surface area contributed by atoms with E-state index in [0.29, 0.717) is 0 Å². The van der Waals surface area contributed by atoms with E-state index in [4.69, 9.17) is 8.83 Å². The first kappa shape index (κ1) is 47.7. The van der Waals surface area contributed by atoms with Gasteiger partial charge in [0.25, 0.3) is 0 Å². The molecule has 0 N–H and O–H groups in total. The van der Waals surface area contributed by atoms with Gasteiger partial charge in [0, 0.05) is 43.5 Å². The van der Waals surface area contributed by atoms with Crippen LogP contribution < -0.4 is 0 Å². The molecule has 2 heterocycles. The number of hydrogen-bond acceptors (Lipinski definition) is 2. The minimum Gasteiger partial charge on any atom is -0.455 e. The van der Waals surface area contributed by atoms with Crippen LogP contribution in [0.15, 0.2) is 264 Å². The number of benzene rings is 13. The molecule has 0 fully saturated rings. The minimum absolute atomic E-state index is 0.392. The maximum atomic E-state index is 7.35. The molecule has 410 valence electrons.